The van der Waals surface area contributed by atoms with E-state index in [9.17, 15) is 14.4 Å². The molecule has 1 amide bonds. The first kappa shape index (κ1) is 22.4. The zero-order valence-corrected chi connectivity index (χ0v) is 16.1. The van der Waals surface area contributed by atoms with E-state index in [1.807, 2.05) is 6.92 Å². The normalized spacial score (nSPS) is 10.7. The van der Waals surface area contributed by atoms with E-state index in [2.05, 4.69) is 10.6 Å². The van der Waals surface area contributed by atoms with E-state index in [0.29, 0.717) is 63.0 Å². The van der Waals surface area contributed by atoms with Crippen LogP contribution in [0.2, 0.25) is 0 Å². The van der Waals surface area contributed by atoms with Gasteiger partial charge in [0.1, 0.15) is 5.78 Å². The van der Waals surface area contributed by atoms with E-state index in [1.165, 1.54) is 11.3 Å². The number of amides is 1. The number of carbonyl (C=O) groups is 3. The number of carbonyl (C=O) groups excluding carboxylic acids is 3. The van der Waals surface area contributed by atoms with E-state index < -0.39 is 11.7 Å². The third-order valence-electron chi connectivity index (χ3n) is 3.39. The minimum Gasteiger partial charge on any atom is -0.378 e. The van der Waals surface area contributed by atoms with Crippen LogP contribution in [0.3, 0.4) is 0 Å². The number of hydrogen-bond donors (Lipinski definition) is 2. The molecule has 0 aromatic carbocycles. The van der Waals surface area contributed by atoms with Crippen LogP contribution in [0, 0.1) is 0 Å². The van der Waals surface area contributed by atoms with Crippen LogP contribution < -0.4 is 10.6 Å². The Morgan fingerprint density at radius 3 is 2.38 bits per heavy atom. The van der Waals surface area contributed by atoms with Crippen LogP contribution in [0.4, 0.5) is 0 Å². The molecule has 8 heteroatoms. The summed E-state index contributed by atoms with van der Waals surface area (Å²) in [5.41, 5.74) is 0. The number of Topliss-reactive ketones (excluding diaryl/α,β-unsaturated/α-hetero) is 2. The van der Waals surface area contributed by atoms with Gasteiger partial charge < -0.3 is 20.1 Å². The van der Waals surface area contributed by atoms with Gasteiger partial charge in [0.05, 0.1) is 31.3 Å². The van der Waals surface area contributed by atoms with Crippen molar-refractivity contribution in [2.45, 2.75) is 26.2 Å². The highest BCUT2D eigenvalue weighted by Gasteiger charge is 2.15. The molecule has 0 atom stereocenters. The molecule has 0 unspecified atom stereocenters. The Kier molecular flexibility index (Phi) is 12.6. The molecule has 26 heavy (non-hydrogen) atoms. The molecule has 7 nitrogen and oxygen atoms in total. The molecule has 2 N–H and O–H groups in total. The lowest BCUT2D eigenvalue weighted by Gasteiger charge is -2.07. The first-order chi connectivity index (χ1) is 12.6. The van der Waals surface area contributed by atoms with Gasteiger partial charge in [-0.2, -0.15) is 0 Å². The predicted octanol–water partition coefficient (Wildman–Crippen LogP) is 1.43. The Hall–Kier alpha value is -1.61. The van der Waals surface area contributed by atoms with Gasteiger partial charge in [0.25, 0.3) is 11.7 Å². The molecule has 0 aliphatic carbocycles. The Morgan fingerprint density at radius 2 is 1.73 bits per heavy atom. The second kappa shape index (κ2) is 14.5. The summed E-state index contributed by atoms with van der Waals surface area (Å²) in [6.45, 7) is 5.41. The molecular weight excluding hydrogens is 356 g/mol. The molecule has 0 aliphatic rings. The zero-order valence-electron chi connectivity index (χ0n) is 15.3. The summed E-state index contributed by atoms with van der Waals surface area (Å²) in [4.78, 5) is 35.1. The lowest BCUT2D eigenvalue weighted by molar-refractivity contribution is -0.119. The summed E-state index contributed by atoms with van der Waals surface area (Å²) in [6.07, 6.45) is 2.12. The topological polar surface area (TPSA) is 93.7 Å². The molecule has 1 aromatic rings. The number of ether oxygens (including phenoxy) is 2. The molecule has 0 spiro atoms. The molecule has 0 bridgehead atoms. The van der Waals surface area contributed by atoms with Crippen molar-refractivity contribution in [3.8, 4) is 0 Å². The van der Waals surface area contributed by atoms with Crippen molar-refractivity contribution in [3.05, 3.63) is 22.4 Å². The van der Waals surface area contributed by atoms with Crippen LogP contribution in [0.25, 0.3) is 0 Å². The number of rotatable bonds is 16. The number of hydrogen-bond acceptors (Lipinski definition) is 7. The first-order valence-corrected chi connectivity index (χ1v) is 9.77. The lowest BCUT2D eigenvalue weighted by atomic mass is 10.2. The van der Waals surface area contributed by atoms with Gasteiger partial charge in [-0.05, 0) is 17.9 Å². The molecule has 0 saturated heterocycles. The lowest BCUT2D eigenvalue weighted by Crippen LogP contribution is -2.33. The SMILES string of the molecule is CCCC(=O)CCNCCOCCOCCNC(=O)C(=O)c1cccs1. The number of thiophene rings is 1. The maximum absolute atomic E-state index is 11.7. The number of ketones is 2. The monoisotopic (exact) mass is 384 g/mol. The van der Waals surface area contributed by atoms with Crippen molar-refractivity contribution >= 4 is 28.8 Å². The van der Waals surface area contributed by atoms with Gasteiger partial charge >= 0.3 is 0 Å². The fourth-order valence-corrected chi connectivity index (χ4v) is 2.72. The van der Waals surface area contributed by atoms with Crippen LogP contribution in [0.15, 0.2) is 17.5 Å². The van der Waals surface area contributed by atoms with E-state index in [4.69, 9.17) is 9.47 Å². The molecule has 146 valence electrons. The van der Waals surface area contributed by atoms with Crippen molar-refractivity contribution in [2.24, 2.45) is 0 Å². The maximum Gasteiger partial charge on any atom is 0.293 e. The largest absolute Gasteiger partial charge is 0.378 e. The molecule has 1 rings (SSSR count). The number of nitrogens with one attached hydrogen (secondary N) is 2. The molecule has 1 aromatic heterocycles. The van der Waals surface area contributed by atoms with E-state index in [1.54, 1.807) is 17.5 Å². The quantitative estimate of drug-likeness (QED) is 0.254. The van der Waals surface area contributed by atoms with Crippen molar-refractivity contribution in [3.63, 3.8) is 0 Å². The van der Waals surface area contributed by atoms with E-state index in [0.717, 1.165) is 6.42 Å². The predicted molar refractivity (Wildman–Crippen MR) is 101 cm³/mol. The molecule has 0 aliphatic heterocycles. The Balaban J connectivity index is 1.85. The van der Waals surface area contributed by atoms with Crippen molar-refractivity contribution in [1.82, 2.24) is 10.6 Å². The average molecular weight is 384 g/mol. The van der Waals surface area contributed by atoms with Gasteiger partial charge in [0, 0.05) is 32.5 Å². The fourth-order valence-electron chi connectivity index (χ4n) is 2.06. The highest BCUT2D eigenvalue weighted by molar-refractivity contribution is 7.13. The summed E-state index contributed by atoms with van der Waals surface area (Å²) in [6, 6.07) is 3.36. The highest BCUT2D eigenvalue weighted by atomic mass is 32.1. The Bertz CT molecular complexity index is 534. The van der Waals surface area contributed by atoms with Gasteiger partial charge in [-0.15, -0.1) is 11.3 Å². The van der Waals surface area contributed by atoms with Crippen molar-refractivity contribution < 1.29 is 23.9 Å². The second-order valence-corrected chi connectivity index (χ2v) is 6.52. The van der Waals surface area contributed by atoms with Crippen LogP contribution in [0.5, 0.6) is 0 Å². The van der Waals surface area contributed by atoms with E-state index >= 15 is 0 Å². The van der Waals surface area contributed by atoms with E-state index in [-0.39, 0.29) is 6.54 Å². The van der Waals surface area contributed by atoms with Gasteiger partial charge in [0.15, 0.2) is 0 Å². The van der Waals surface area contributed by atoms with Crippen molar-refractivity contribution in [1.29, 1.82) is 0 Å². The minimum absolute atomic E-state index is 0.281. The van der Waals surface area contributed by atoms with Crippen LogP contribution in [0.1, 0.15) is 35.9 Å². The van der Waals surface area contributed by atoms with Crippen LogP contribution in [-0.2, 0) is 19.1 Å². The maximum atomic E-state index is 11.7. The summed E-state index contributed by atoms with van der Waals surface area (Å²) >= 11 is 1.24. The first-order valence-electron chi connectivity index (χ1n) is 8.89. The highest BCUT2D eigenvalue weighted by Crippen LogP contribution is 2.08. The Morgan fingerprint density at radius 1 is 1.00 bits per heavy atom. The van der Waals surface area contributed by atoms with Crippen LogP contribution >= 0.6 is 11.3 Å². The van der Waals surface area contributed by atoms with Gasteiger partial charge in [-0.25, -0.2) is 0 Å². The second-order valence-electron chi connectivity index (χ2n) is 5.58. The third-order valence-corrected chi connectivity index (χ3v) is 4.26. The summed E-state index contributed by atoms with van der Waals surface area (Å²) in [7, 11) is 0. The summed E-state index contributed by atoms with van der Waals surface area (Å²) in [5, 5.41) is 7.44. The van der Waals surface area contributed by atoms with Gasteiger partial charge in [-0.1, -0.05) is 13.0 Å². The summed E-state index contributed by atoms with van der Waals surface area (Å²) < 4.78 is 10.7. The van der Waals surface area contributed by atoms with Crippen LogP contribution in [-0.4, -0.2) is 63.5 Å². The smallest absolute Gasteiger partial charge is 0.293 e. The fraction of sp³-hybridized carbons (Fsp3) is 0.611. The van der Waals surface area contributed by atoms with Crippen molar-refractivity contribution in [2.75, 3.05) is 46.1 Å². The third kappa shape index (κ3) is 10.4. The molecule has 0 saturated carbocycles. The van der Waals surface area contributed by atoms with Gasteiger partial charge in [0.2, 0.25) is 0 Å². The van der Waals surface area contributed by atoms with Gasteiger partial charge in [-0.3, -0.25) is 14.4 Å². The molecule has 0 radical (unpaired) electrons. The molecule has 0 fully saturated rings. The minimum atomic E-state index is -0.615. The Labute approximate surface area is 158 Å². The molecule has 1 heterocycles. The standard InChI is InChI=1S/C18H28N2O5S/c1-2-4-15(21)6-7-19-8-10-24-12-13-25-11-9-20-18(23)17(22)16-5-3-14-26-16/h3,5,14,19H,2,4,6-13H2,1H3,(H,20,23). The average Bonchev–Trinajstić information content (AvgIpc) is 3.16. The summed E-state index contributed by atoms with van der Waals surface area (Å²) in [5.74, 6) is -0.846. The zero-order chi connectivity index (χ0) is 19.0. The molecular formula is C18H28N2O5S.